The van der Waals surface area contributed by atoms with Crippen LogP contribution in [0.2, 0.25) is 0 Å². The van der Waals surface area contributed by atoms with Crippen LogP contribution in [0.3, 0.4) is 0 Å². The second-order valence-corrected chi connectivity index (χ2v) is 7.17. The number of aromatic nitrogens is 1. The van der Waals surface area contributed by atoms with Gasteiger partial charge < -0.3 is 15.2 Å². The van der Waals surface area contributed by atoms with Crippen molar-refractivity contribution >= 4 is 17.5 Å². The van der Waals surface area contributed by atoms with Crippen molar-refractivity contribution < 1.29 is 9.59 Å². The Bertz CT molecular complexity index is 946. The van der Waals surface area contributed by atoms with Crippen molar-refractivity contribution in [3.05, 3.63) is 84.2 Å². The van der Waals surface area contributed by atoms with E-state index < -0.39 is 0 Å². The quantitative estimate of drug-likeness (QED) is 0.643. The minimum atomic E-state index is -0.136. The summed E-state index contributed by atoms with van der Waals surface area (Å²) in [4.78, 5) is 24.5. The van der Waals surface area contributed by atoms with Crippen molar-refractivity contribution in [2.75, 3.05) is 5.32 Å². The normalized spacial score (nSPS) is 10.7. The summed E-state index contributed by atoms with van der Waals surface area (Å²) in [5.41, 5.74) is 3.21. The van der Waals surface area contributed by atoms with E-state index in [0.29, 0.717) is 24.4 Å². The Labute approximate surface area is 165 Å². The molecule has 0 saturated heterocycles. The SMILES string of the molecule is CC(C)CC(=O)Nc1cccc(CNC(=O)c2cccc(-n3cccc3)c2)c1. The first-order valence-electron chi connectivity index (χ1n) is 9.41. The molecule has 2 amide bonds. The molecule has 5 heteroatoms. The third-order valence-electron chi connectivity index (χ3n) is 4.27. The zero-order chi connectivity index (χ0) is 19.9. The van der Waals surface area contributed by atoms with Gasteiger partial charge in [-0.3, -0.25) is 9.59 Å². The van der Waals surface area contributed by atoms with Crippen molar-refractivity contribution in [3.63, 3.8) is 0 Å². The molecule has 0 bridgehead atoms. The standard InChI is InChI=1S/C23H25N3O2/c1-17(2)13-22(27)25-20-9-5-7-18(14-20)16-24-23(28)19-8-6-10-21(15-19)26-11-3-4-12-26/h3-12,14-15,17H,13,16H2,1-2H3,(H,24,28)(H,25,27). The molecule has 144 valence electrons. The summed E-state index contributed by atoms with van der Waals surface area (Å²) in [6.07, 6.45) is 4.37. The van der Waals surface area contributed by atoms with Crippen LogP contribution in [0, 0.1) is 5.92 Å². The number of rotatable bonds is 7. The lowest BCUT2D eigenvalue weighted by Gasteiger charge is -2.10. The molecular weight excluding hydrogens is 350 g/mol. The van der Waals surface area contributed by atoms with E-state index in [2.05, 4.69) is 10.6 Å². The molecule has 0 aliphatic carbocycles. The van der Waals surface area contributed by atoms with Crippen LogP contribution in [0.15, 0.2) is 73.1 Å². The molecule has 0 radical (unpaired) electrons. The Hall–Kier alpha value is -3.34. The predicted octanol–water partition coefficient (Wildman–Crippen LogP) is 4.39. The smallest absolute Gasteiger partial charge is 0.251 e. The van der Waals surface area contributed by atoms with Crippen molar-refractivity contribution in [1.82, 2.24) is 9.88 Å². The highest BCUT2D eigenvalue weighted by molar-refractivity contribution is 5.94. The van der Waals surface area contributed by atoms with Crippen molar-refractivity contribution in [1.29, 1.82) is 0 Å². The van der Waals surface area contributed by atoms with E-state index in [1.165, 1.54) is 0 Å². The van der Waals surface area contributed by atoms with Gasteiger partial charge in [0.25, 0.3) is 5.91 Å². The average Bonchev–Trinajstić information content (AvgIpc) is 3.20. The Morgan fingerprint density at radius 2 is 1.71 bits per heavy atom. The van der Waals surface area contributed by atoms with E-state index in [4.69, 9.17) is 0 Å². The summed E-state index contributed by atoms with van der Waals surface area (Å²) >= 11 is 0. The summed E-state index contributed by atoms with van der Waals surface area (Å²) < 4.78 is 1.96. The fourth-order valence-corrected chi connectivity index (χ4v) is 2.94. The summed E-state index contributed by atoms with van der Waals surface area (Å²) in [6, 6.07) is 18.9. The molecule has 2 N–H and O–H groups in total. The molecule has 0 unspecified atom stereocenters. The molecule has 0 saturated carbocycles. The van der Waals surface area contributed by atoms with Crippen molar-refractivity contribution in [2.45, 2.75) is 26.8 Å². The van der Waals surface area contributed by atoms with E-state index in [-0.39, 0.29) is 11.8 Å². The van der Waals surface area contributed by atoms with E-state index in [1.54, 1.807) is 6.07 Å². The lowest BCUT2D eigenvalue weighted by atomic mass is 10.1. The van der Waals surface area contributed by atoms with Crippen LogP contribution < -0.4 is 10.6 Å². The third-order valence-corrected chi connectivity index (χ3v) is 4.27. The van der Waals surface area contributed by atoms with Gasteiger partial charge in [0.1, 0.15) is 0 Å². The molecule has 3 aromatic rings. The van der Waals surface area contributed by atoms with E-state index in [1.807, 2.05) is 85.4 Å². The number of hydrogen-bond donors (Lipinski definition) is 2. The molecule has 5 nitrogen and oxygen atoms in total. The second kappa shape index (κ2) is 9.04. The lowest BCUT2D eigenvalue weighted by molar-refractivity contribution is -0.116. The van der Waals surface area contributed by atoms with Crippen LogP contribution in [0.1, 0.15) is 36.2 Å². The fraction of sp³-hybridized carbons (Fsp3) is 0.217. The topological polar surface area (TPSA) is 63.1 Å². The van der Waals surface area contributed by atoms with Gasteiger partial charge in [-0.25, -0.2) is 0 Å². The fourth-order valence-electron chi connectivity index (χ4n) is 2.94. The number of carbonyl (C=O) groups excluding carboxylic acids is 2. The molecule has 0 aliphatic rings. The first kappa shape index (κ1) is 19.4. The van der Waals surface area contributed by atoms with E-state index in [0.717, 1.165) is 16.9 Å². The maximum Gasteiger partial charge on any atom is 0.251 e. The lowest BCUT2D eigenvalue weighted by Crippen LogP contribution is -2.23. The highest BCUT2D eigenvalue weighted by atomic mass is 16.2. The molecule has 0 aliphatic heterocycles. The van der Waals surface area contributed by atoms with Crippen molar-refractivity contribution in [2.24, 2.45) is 5.92 Å². The van der Waals surface area contributed by atoms with Gasteiger partial charge in [0.2, 0.25) is 5.91 Å². The summed E-state index contributed by atoms with van der Waals surface area (Å²) in [5.74, 6) is 0.172. The van der Waals surface area contributed by atoms with Gasteiger partial charge >= 0.3 is 0 Å². The molecule has 28 heavy (non-hydrogen) atoms. The Morgan fingerprint density at radius 3 is 2.46 bits per heavy atom. The van der Waals surface area contributed by atoms with Crippen LogP contribution in [-0.2, 0) is 11.3 Å². The predicted molar refractivity (Wildman–Crippen MR) is 111 cm³/mol. The Kier molecular flexibility index (Phi) is 6.27. The Morgan fingerprint density at radius 1 is 0.964 bits per heavy atom. The average molecular weight is 375 g/mol. The number of nitrogens with zero attached hydrogens (tertiary/aromatic N) is 1. The summed E-state index contributed by atoms with van der Waals surface area (Å²) in [5, 5.41) is 5.84. The Balaban J connectivity index is 1.61. The molecule has 0 spiro atoms. The zero-order valence-electron chi connectivity index (χ0n) is 16.2. The highest BCUT2D eigenvalue weighted by Crippen LogP contribution is 2.14. The first-order chi connectivity index (χ1) is 13.5. The van der Waals surface area contributed by atoms with E-state index >= 15 is 0 Å². The van der Waals surface area contributed by atoms with Crippen LogP contribution in [0.4, 0.5) is 5.69 Å². The number of nitrogens with one attached hydrogen (secondary N) is 2. The highest BCUT2D eigenvalue weighted by Gasteiger charge is 2.08. The van der Waals surface area contributed by atoms with Gasteiger partial charge in [-0.1, -0.05) is 32.0 Å². The van der Waals surface area contributed by atoms with Gasteiger partial charge in [0.05, 0.1) is 0 Å². The van der Waals surface area contributed by atoms with E-state index in [9.17, 15) is 9.59 Å². The van der Waals surface area contributed by atoms with Crippen LogP contribution in [0.5, 0.6) is 0 Å². The van der Waals surface area contributed by atoms with Gasteiger partial charge in [0, 0.05) is 42.3 Å². The number of carbonyl (C=O) groups is 2. The molecule has 0 fully saturated rings. The summed E-state index contributed by atoms with van der Waals surface area (Å²) in [6.45, 7) is 4.41. The first-order valence-corrected chi connectivity index (χ1v) is 9.41. The van der Waals surface area contributed by atoms with Crippen molar-refractivity contribution in [3.8, 4) is 5.69 Å². The zero-order valence-corrected chi connectivity index (χ0v) is 16.2. The number of anilines is 1. The monoisotopic (exact) mass is 375 g/mol. The molecular formula is C23H25N3O2. The maximum atomic E-state index is 12.5. The number of benzene rings is 2. The van der Waals surface area contributed by atoms with Crippen LogP contribution in [0.25, 0.3) is 5.69 Å². The van der Waals surface area contributed by atoms with Crippen LogP contribution in [-0.4, -0.2) is 16.4 Å². The maximum absolute atomic E-state index is 12.5. The molecule has 2 aromatic carbocycles. The van der Waals surface area contributed by atoms with Gasteiger partial charge in [-0.15, -0.1) is 0 Å². The van der Waals surface area contributed by atoms with Gasteiger partial charge in [-0.05, 0) is 53.9 Å². The van der Waals surface area contributed by atoms with Gasteiger partial charge in [0.15, 0.2) is 0 Å². The number of hydrogen-bond acceptors (Lipinski definition) is 2. The molecule has 0 atom stereocenters. The second-order valence-electron chi connectivity index (χ2n) is 7.17. The minimum Gasteiger partial charge on any atom is -0.348 e. The molecule has 1 aromatic heterocycles. The minimum absolute atomic E-state index is 0.00184. The molecule has 1 heterocycles. The van der Waals surface area contributed by atoms with Gasteiger partial charge in [-0.2, -0.15) is 0 Å². The molecule has 3 rings (SSSR count). The summed E-state index contributed by atoms with van der Waals surface area (Å²) in [7, 11) is 0. The van der Waals surface area contributed by atoms with Crippen LogP contribution >= 0.6 is 0 Å². The third kappa shape index (κ3) is 5.33. The number of amides is 2. The largest absolute Gasteiger partial charge is 0.348 e.